The van der Waals surface area contributed by atoms with Crippen molar-refractivity contribution in [3.63, 3.8) is 0 Å². The summed E-state index contributed by atoms with van der Waals surface area (Å²) in [7, 11) is 0. The van der Waals surface area contributed by atoms with Crippen LogP contribution in [0.25, 0.3) is 5.69 Å². The second-order valence-electron chi connectivity index (χ2n) is 2.64. The molecule has 0 bridgehead atoms. The van der Waals surface area contributed by atoms with Gasteiger partial charge in [-0.2, -0.15) is 10.2 Å². The van der Waals surface area contributed by atoms with Gasteiger partial charge in [-0.1, -0.05) is 11.6 Å². The lowest BCUT2D eigenvalue weighted by Crippen LogP contribution is -1.96. The molecule has 2 heterocycles. The Morgan fingerprint density at radius 1 is 1.46 bits per heavy atom. The van der Waals surface area contributed by atoms with Gasteiger partial charge in [-0.25, -0.2) is 4.68 Å². The molecular formula is C8H7ClN4. The zero-order valence-electron chi connectivity index (χ0n) is 6.98. The van der Waals surface area contributed by atoms with Crippen LogP contribution in [-0.4, -0.2) is 20.0 Å². The third-order valence-corrected chi connectivity index (χ3v) is 1.78. The van der Waals surface area contributed by atoms with E-state index in [1.807, 2.05) is 19.2 Å². The zero-order valence-corrected chi connectivity index (χ0v) is 7.73. The normalized spacial score (nSPS) is 10.3. The summed E-state index contributed by atoms with van der Waals surface area (Å²) in [4.78, 5) is 0. The Kier molecular flexibility index (Phi) is 1.98. The summed E-state index contributed by atoms with van der Waals surface area (Å²) in [6.45, 7) is 1.92. The van der Waals surface area contributed by atoms with Crippen molar-refractivity contribution in [2.75, 3.05) is 0 Å². The van der Waals surface area contributed by atoms with Crippen molar-refractivity contribution >= 4 is 11.6 Å². The fraction of sp³-hybridized carbons (Fsp3) is 0.125. The summed E-state index contributed by atoms with van der Waals surface area (Å²) in [6.07, 6.45) is 3.46. The highest BCUT2D eigenvalue weighted by molar-refractivity contribution is 6.29. The van der Waals surface area contributed by atoms with Crippen LogP contribution in [0.4, 0.5) is 0 Å². The largest absolute Gasteiger partial charge is 0.239 e. The predicted molar refractivity (Wildman–Crippen MR) is 48.9 cm³/mol. The van der Waals surface area contributed by atoms with Crippen LogP contribution in [0.3, 0.4) is 0 Å². The van der Waals surface area contributed by atoms with Crippen LogP contribution < -0.4 is 0 Å². The van der Waals surface area contributed by atoms with Crippen LogP contribution in [0.15, 0.2) is 24.5 Å². The first-order valence-electron chi connectivity index (χ1n) is 3.76. The van der Waals surface area contributed by atoms with Gasteiger partial charge in [0.1, 0.15) is 0 Å². The van der Waals surface area contributed by atoms with Crippen molar-refractivity contribution in [2.45, 2.75) is 6.92 Å². The Hall–Kier alpha value is -1.42. The van der Waals surface area contributed by atoms with Gasteiger partial charge < -0.3 is 0 Å². The number of nitrogens with zero attached hydrogens (tertiary/aromatic N) is 4. The van der Waals surface area contributed by atoms with Crippen molar-refractivity contribution in [1.29, 1.82) is 0 Å². The van der Waals surface area contributed by atoms with Crippen LogP contribution in [0.5, 0.6) is 0 Å². The molecule has 0 atom stereocenters. The number of aryl methyl sites for hydroxylation is 1. The topological polar surface area (TPSA) is 43.6 Å². The maximum absolute atomic E-state index is 5.69. The summed E-state index contributed by atoms with van der Waals surface area (Å²) in [5, 5.41) is 12.0. The maximum Gasteiger partial charge on any atom is 0.153 e. The predicted octanol–water partition coefficient (Wildman–Crippen LogP) is 1.62. The van der Waals surface area contributed by atoms with E-state index < -0.39 is 0 Å². The molecule has 0 aromatic carbocycles. The Balaban J connectivity index is 2.46. The Morgan fingerprint density at radius 3 is 2.92 bits per heavy atom. The molecule has 0 unspecified atom stereocenters. The third kappa shape index (κ3) is 1.67. The van der Waals surface area contributed by atoms with E-state index in [0.717, 1.165) is 11.4 Å². The molecule has 13 heavy (non-hydrogen) atoms. The number of aromatic nitrogens is 4. The molecule has 4 nitrogen and oxygen atoms in total. The van der Waals surface area contributed by atoms with E-state index in [1.54, 1.807) is 16.9 Å². The first-order chi connectivity index (χ1) is 6.25. The van der Waals surface area contributed by atoms with Crippen LogP contribution in [0.1, 0.15) is 5.69 Å². The smallest absolute Gasteiger partial charge is 0.153 e. The molecule has 2 rings (SSSR count). The van der Waals surface area contributed by atoms with Gasteiger partial charge in [0.2, 0.25) is 0 Å². The summed E-state index contributed by atoms with van der Waals surface area (Å²) in [5.41, 5.74) is 1.76. The van der Waals surface area contributed by atoms with E-state index in [0.29, 0.717) is 5.15 Å². The van der Waals surface area contributed by atoms with Gasteiger partial charge in [0.15, 0.2) is 5.15 Å². The number of hydrogen-bond donors (Lipinski definition) is 0. The Bertz CT molecular complexity index is 424. The van der Waals surface area contributed by atoms with Crippen LogP contribution in [-0.2, 0) is 0 Å². The highest BCUT2D eigenvalue weighted by Crippen LogP contribution is 2.09. The van der Waals surface area contributed by atoms with Crippen molar-refractivity contribution in [3.05, 3.63) is 35.4 Å². The van der Waals surface area contributed by atoms with E-state index in [2.05, 4.69) is 15.3 Å². The molecule has 0 N–H and O–H groups in total. The van der Waals surface area contributed by atoms with Crippen molar-refractivity contribution in [1.82, 2.24) is 20.0 Å². The standard InChI is InChI=1S/C8H7ClN4/c1-6-2-3-13(12-6)7-4-8(9)11-10-5-7/h2-5H,1H3. The maximum atomic E-state index is 5.69. The van der Waals surface area contributed by atoms with Gasteiger partial charge in [0.25, 0.3) is 0 Å². The fourth-order valence-corrected chi connectivity index (χ4v) is 1.17. The Morgan fingerprint density at radius 2 is 2.31 bits per heavy atom. The van der Waals surface area contributed by atoms with Crippen molar-refractivity contribution in [2.24, 2.45) is 0 Å². The quantitative estimate of drug-likeness (QED) is 0.693. The second kappa shape index (κ2) is 3.14. The lowest BCUT2D eigenvalue weighted by atomic mass is 10.5. The van der Waals surface area contributed by atoms with Crippen molar-refractivity contribution < 1.29 is 0 Å². The van der Waals surface area contributed by atoms with Gasteiger partial charge in [-0.05, 0) is 13.0 Å². The summed E-state index contributed by atoms with van der Waals surface area (Å²) in [5.74, 6) is 0. The summed E-state index contributed by atoms with van der Waals surface area (Å²) < 4.78 is 1.70. The molecule has 0 amide bonds. The lowest BCUT2D eigenvalue weighted by molar-refractivity contribution is 0.845. The van der Waals surface area contributed by atoms with E-state index in [4.69, 9.17) is 11.6 Å². The molecule has 0 saturated heterocycles. The Labute approximate surface area is 80.2 Å². The minimum absolute atomic E-state index is 0.366. The molecule has 66 valence electrons. The zero-order chi connectivity index (χ0) is 9.26. The van der Waals surface area contributed by atoms with Crippen molar-refractivity contribution in [3.8, 4) is 5.69 Å². The van der Waals surface area contributed by atoms with E-state index in [1.165, 1.54) is 0 Å². The van der Waals surface area contributed by atoms with Gasteiger partial charge in [-0.15, -0.1) is 5.10 Å². The third-order valence-electron chi connectivity index (χ3n) is 1.60. The molecule has 0 fully saturated rings. The van der Waals surface area contributed by atoms with Crippen LogP contribution in [0.2, 0.25) is 5.15 Å². The molecule has 0 radical (unpaired) electrons. The SMILES string of the molecule is Cc1ccn(-c2cnnc(Cl)c2)n1. The number of halogens is 1. The lowest BCUT2D eigenvalue weighted by Gasteiger charge is -1.98. The molecule has 0 aliphatic rings. The number of rotatable bonds is 1. The molecule has 2 aromatic rings. The second-order valence-corrected chi connectivity index (χ2v) is 3.03. The van der Waals surface area contributed by atoms with E-state index >= 15 is 0 Å². The molecule has 2 aromatic heterocycles. The van der Waals surface area contributed by atoms with Crippen LogP contribution >= 0.6 is 11.6 Å². The summed E-state index contributed by atoms with van der Waals surface area (Å²) in [6, 6.07) is 3.62. The van der Waals surface area contributed by atoms with Gasteiger partial charge in [-0.3, -0.25) is 0 Å². The minimum atomic E-state index is 0.366. The first kappa shape index (κ1) is 8.19. The monoisotopic (exact) mass is 194 g/mol. The molecule has 0 aliphatic carbocycles. The molecule has 5 heteroatoms. The van der Waals surface area contributed by atoms with E-state index in [-0.39, 0.29) is 0 Å². The minimum Gasteiger partial charge on any atom is -0.239 e. The highest BCUT2D eigenvalue weighted by Gasteiger charge is 1.99. The molecule has 0 spiro atoms. The molecule has 0 saturated carbocycles. The summed E-state index contributed by atoms with van der Waals surface area (Å²) >= 11 is 5.69. The number of hydrogen-bond acceptors (Lipinski definition) is 3. The average molecular weight is 195 g/mol. The highest BCUT2D eigenvalue weighted by atomic mass is 35.5. The fourth-order valence-electron chi connectivity index (χ4n) is 1.02. The van der Waals surface area contributed by atoms with E-state index in [9.17, 15) is 0 Å². The van der Waals surface area contributed by atoms with Gasteiger partial charge in [0, 0.05) is 12.3 Å². The first-order valence-corrected chi connectivity index (χ1v) is 4.14. The van der Waals surface area contributed by atoms with Crippen LogP contribution in [0, 0.1) is 6.92 Å². The van der Waals surface area contributed by atoms with Gasteiger partial charge >= 0.3 is 0 Å². The molecule has 0 aliphatic heterocycles. The average Bonchev–Trinajstić information content (AvgIpc) is 2.52. The van der Waals surface area contributed by atoms with Gasteiger partial charge in [0.05, 0.1) is 17.6 Å². The molecular weight excluding hydrogens is 188 g/mol.